The lowest BCUT2D eigenvalue weighted by Crippen LogP contribution is -2.36. The number of methoxy groups -OCH3 is 1. The van der Waals surface area contributed by atoms with Gasteiger partial charge < -0.3 is 14.6 Å². The van der Waals surface area contributed by atoms with Crippen molar-refractivity contribution in [2.24, 2.45) is 5.92 Å². The summed E-state index contributed by atoms with van der Waals surface area (Å²) in [6.07, 6.45) is 12.0. The highest BCUT2D eigenvalue weighted by atomic mass is 16.5. The summed E-state index contributed by atoms with van der Waals surface area (Å²) in [6.45, 7) is 5.92. The first-order chi connectivity index (χ1) is 16.7. The molecule has 3 heterocycles. The molecule has 0 spiro atoms. The lowest BCUT2D eigenvalue weighted by molar-refractivity contribution is 0.171. The summed E-state index contributed by atoms with van der Waals surface area (Å²) in [7, 11) is 1.72. The smallest absolute Gasteiger partial charge is 0.123 e. The maximum absolute atomic E-state index is 5.29. The zero-order valence-corrected chi connectivity index (χ0v) is 20.3. The van der Waals surface area contributed by atoms with Crippen molar-refractivity contribution in [1.29, 1.82) is 0 Å². The molecule has 6 heteroatoms. The van der Waals surface area contributed by atoms with Gasteiger partial charge in [0, 0.05) is 29.3 Å². The lowest BCUT2D eigenvalue weighted by Gasteiger charge is -2.33. The summed E-state index contributed by atoms with van der Waals surface area (Å²) in [5.41, 5.74) is 5.12. The molecule has 1 atom stereocenters. The molecule has 1 aliphatic heterocycles. The third-order valence-electron chi connectivity index (χ3n) is 7.45. The second-order valence-corrected chi connectivity index (χ2v) is 9.72. The molecule has 34 heavy (non-hydrogen) atoms. The van der Waals surface area contributed by atoms with Gasteiger partial charge in [0.2, 0.25) is 0 Å². The molecule has 0 aliphatic carbocycles. The zero-order valence-electron chi connectivity index (χ0n) is 20.3. The van der Waals surface area contributed by atoms with E-state index in [2.05, 4.69) is 75.7 Å². The van der Waals surface area contributed by atoms with E-state index in [1.165, 1.54) is 60.8 Å². The first-order valence-electron chi connectivity index (χ1n) is 12.5. The molecule has 0 radical (unpaired) electrons. The van der Waals surface area contributed by atoms with Crippen molar-refractivity contribution in [2.75, 3.05) is 26.7 Å². The fourth-order valence-electron chi connectivity index (χ4n) is 5.33. The van der Waals surface area contributed by atoms with E-state index < -0.39 is 0 Å². The van der Waals surface area contributed by atoms with E-state index >= 15 is 0 Å². The lowest BCUT2D eigenvalue weighted by atomic mass is 9.90. The summed E-state index contributed by atoms with van der Waals surface area (Å²) in [5, 5.41) is 9.17. The second kappa shape index (κ2) is 10.4. The zero-order chi connectivity index (χ0) is 23.3. The number of aromatic nitrogens is 4. The summed E-state index contributed by atoms with van der Waals surface area (Å²) in [4.78, 5) is 6.09. The molecule has 4 aromatic rings. The van der Waals surface area contributed by atoms with Gasteiger partial charge in [0.05, 0.1) is 7.11 Å². The summed E-state index contributed by atoms with van der Waals surface area (Å²) in [5.74, 6) is 2.33. The van der Waals surface area contributed by atoms with Crippen LogP contribution in [0.15, 0.2) is 61.3 Å². The van der Waals surface area contributed by atoms with Gasteiger partial charge in [0.25, 0.3) is 0 Å². The Hall–Kier alpha value is -3.12. The minimum Gasteiger partial charge on any atom is -0.497 e. The predicted molar refractivity (Wildman–Crippen MR) is 137 cm³/mol. The van der Waals surface area contributed by atoms with Crippen molar-refractivity contribution in [3.63, 3.8) is 0 Å². The van der Waals surface area contributed by atoms with E-state index in [1.807, 2.05) is 4.57 Å². The molecule has 1 aliphatic rings. The molecule has 1 fully saturated rings. The fraction of sp³-hybridized carbons (Fsp3) is 0.429. The van der Waals surface area contributed by atoms with Crippen LogP contribution in [0, 0.1) is 5.92 Å². The third kappa shape index (κ3) is 5.17. The number of H-pyrrole nitrogens is 1. The first-order valence-corrected chi connectivity index (χ1v) is 12.5. The normalized spacial score (nSPS) is 16.2. The van der Waals surface area contributed by atoms with Gasteiger partial charge in [-0.25, -0.2) is 0 Å². The Morgan fingerprint density at radius 1 is 1.06 bits per heavy atom. The van der Waals surface area contributed by atoms with Gasteiger partial charge in [0.1, 0.15) is 18.4 Å². The first kappa shape index (κ1) is 22.7. The number of hydrogen-bond acceptors (Lipinski definition) is 4. The molecule has 1 saturated heterocycles. The highest BCUT2D eigenvalue weighted by molar-refractivity contribution is 5.85. The van der Waals surface area contributed by atoms with Crippen molar-refractivity contribution in [3.8, 4) is 11.4 Å². The van der Waals surface area contributed by atoms with Crippen LogP contribution in [-0.2, 0) is 6.42 Å². The third-order valence-corrected chi connectivity index (χ3v) is 7.45. The Balaban J connectivity index is 1.09. The Morgan fingerprint density at radius 2 is 1.82 bits per heavy atom. The number of fused-ring (bicyclic) bond motifs is 1. The van der Waals surface area contributed by atoms with Gasteiger partial charge in [-0.05, 0) is 92.1 Å². The van der Waals surface area contributed by atoms with Crippen LogP contribution in [0.4, 0.5) is 0 Å². The van der Waals surface area contributed by atoms with Gasteiger partial charge in [-0.3, -0.25) is 4.57 Å². The van der Waals surface area contributed by atoms with Crippen molar-refractivity contribution in [1.82, 2.24) is 24.6 Å². The number of piperidine rings is 1. The number of benzene rings is 2. The van der Waals surface area contributed by atoms with Gasteiger partial charge in [0.15, 0.2) is 0 Å². The van der Waals surface area contributed by atoms with Crippen LogP contribution in [-0.4, -0.2) is 51.4 Å². The van der Waals surface area contributed by atoms with Gasteiger partial charge in [-0.2, -0.15) is 0 Å². The molecule has 0 saturated carbocycles. The van der Waals surface area contributed by atoms with Crippen LogP contribution in [0.3, 0.4) is 0 Å². The maximum atomic E-state index is 5.29. The molecular formula is C28H35N5O. The molecule has 6 nitrogen and oxygen atoms in total. The minimum absolute atomic E-state index is 0.548. The van der Waals surface area contributed by atoms with E-state index in [4.69, 9.17) is 4.74 Å². The maximum Gasteiger partial charge on any atom is 0.123 e. The molecule has 0 bridgehead atoms. The number of aryl methyl sites for hydroxylation is 1. The Labute approximate surface area is 202 Å². The van der Waals surface area contributed by atoms with Crippen LogP contribution in [0.1, 0.15) is 49.7 Å². The Kier molecular flexibility index (Phi) is 6.95. The average Bonchev–Trinajstić information content (AvgIpc) is 3.55. The van der Waals surface area contributed by atoms with Crippen LogP contribution < -0.4 is 4.74 Å². The molecule has 2 aromatic heterocycles. The minimum atomic E-state index is 0.548. The summed E-state index contributed by atoms with van der Waals surface area (Å²) in [6, 6.07) is 15.1. The molecule has 5 rings (SSSR count). The predicted octanol–water partition coefficient (Wildman–Crippen LogP) is 5.60. The number of hydrogen-bond donors (Lipinski definition) is 1. The number of ether oxygens (including phenoxy) is 1. The van der Waals surface area contributed by atoms with E-state index in [9.17, 15) is 0 Å². The summed E-state index contributed by atoms with van der Waals surface area (Å²) < 4.78 is 7.25. The van der Waals surface area contributed by atoms with Crippen molar-refractivity contribution >= 4 is 10.9 Å². The van der Waals surface area contributed by atoms with Crippen LogP contribution in [0.5, 0.6) is 5.75 Å². The highest BCUT2D eigenvalue weighted by Gasteiger charge is 2.21. The molecule has 1 unspecified atom stereocenters. The van der Waals surface area contributed by atoms with Crippen LogP contribution in [0.25, 0.3) is 16.6 Å². The number of nitrogens with one attached hydrogen (secondary N) is 1. The number of likely N-dealkylation sites (tertiary alicyclic amines) is 1. The van der Waals surface area contributed by atoms with Crippen LogP contribution >= 0.6 is 0 Å². The molecule has 178 valence electrons. The van der Waals surface area contributed by atoms with Gasteiger partial charge in [-0.1, -0.05) is 25.5 Å². The average molecular weight is 458 g/mol. The van der Waals surface area contributed by atoms with Gasteiger partial charge in [-0.15, -0.1) is 10.2 Å². The Bertz CT molecular complexity index is 1170. The van der Waals surface area contributed by atoms with E-state index in [0.717, 1.165) is 30.3 Å². The summed E-state index contributed by atoms with van der Waals surface area (Å²) >= 11 is 0. The van der Waals surface area contributed by atoms with Crippen molar-refractivity contribution in [2.45, 2.75) is 44.9 Å². The monoisotopic (exact) mass is 457 g/mol. The highest BCUT2D eigenvalue weighted by Crippen LogP contribution is 2.28. The standard InChI is InChI=1S/C28H35N5O/c1-21(23-6-9-26(34-2)10-7-23)18-32-14-12-22(13-15-32)4-3-5-24-17-29-28-11-8-25(16-27(24)28)33-19-30-31-20-33/h6-11,16-17,19-22,29H,3-5,12-15,18H2,1-2H3. The van der Waals surface area contributed by atoms with E-state index in [0.29, 0.717) is 5.92 Å². The second-order valence-electron chi connectivity index (χ2n) is 9.72. The van der Waals surface area contributed by atoms with Crippen molar-refractivity contribution < 1.29 is 4.74 Å². The largest absolute Gasteiger partial charge is 0.497 e. The fourth-order valence-corrected chi connectivity index (χ4v) is 5.33. The molecule has 0 amide bonds. The molecule has 2 aromatic carbocycles. The van der Waals surface area contributed by atoms with Crippen LogP contribution in [0.2, 0.25) is 0 Å². The number of rotatable bonds is 9. The topological polar surface area (TPSA) is 59.0 Å². The quantitative estimate of drug-likeness (QED) is 0.356. The molecular weight excluding hydrogens is 422 g/mol. The van der Waals surface area contributed by atoms with E-state index in [1.54, 1.807) is 19.8 Å². The van der Waals surface area contributed by atoms with Gasteiger partial charge >= 0.3 is 0 Å². The Morgan fingerprint density at radius 3 is 2.56 bits per heavy atom. The number of aromatic amines is 1. The van der Waals surface area contributed by atoms with Crippen molar-refractivity contribution in [3.05, 3.63) is 72.4 Å². The number of nitrogens with zero attached hydrogens (tertiary/aromatic N) is 4. The van der Waals surface area contributed by atoms with E-state index in [-0.39, 0.29) is 0 Å². The SMILES string of the molecule is COc1ccc(C(C)CN2CCC(CCCc3c[nH]c4ccc(-n5cnnc5)cc34)CC2)cc1. The molecule has 1 N–H and O–H groups in total.